The molecule has 221 valence electrons. The summed E-state index contributed by atoms with van der Waals surface area (Å²) in [6.07, 6.45) is -40.1. The Labute approximate surface area is 199 Å². The van der Waals surface area contributed by atoms with Crippen molar-refractivity contribution >= 4 is 0 Å². The molecule has 22 heteroatoms. The molecule has 0 bridgehead atoms. The molecule has 0 fully saturated rings. The molecule has 0 aromatic rings. The number of rotatable bonds is 2. The zero-order valence-electron chi connectivity index (χ0n) is 17.8. The van der Waals surface area contributed by atoms with Gasteiger partial charge in [-0.3, -0.25) is 0 Å². The van der Waals surface area contributed by atoms with E-state index < -0.39 is 48.3 Å². The molecule has 0 radical (unpaired) electrons. The van der Waals surface area contributed by atoms with Crippen molar-refractivity contribution in [3.63, 3.8) is 0 Å². The molecule has 0 saturated heterocycles. The molecule has 3 nitrogen and oxygen atoms in total. The van der Waals surface area contributed by atoms with Crippen LogP contribution in [0.3, 0.4) is 0 Å². The Kier molecular flexibility index (Phi) is 14.4. The van der Waals surface area contributed by atoms with Crippen LogP contribution in [-0.4, -0.2) is 64.0 Å². The van der Waals surface area contributed by atoms with Gasteiger partial charge >= 0.3 is 102 Å². The predicted octanol–water partition coefficient (Wildman–Crippen LogP) is 7.16. The normalized spacial score (nSPS) is 14.5. The zero-order chi connectivity index (χ0) is 29.9. The summed E-state index contributed by atoms with van der Waals surface area (Å²) in [5.41, 5.74) is -13.2. The third-order valence-corrected chi connectivity index (χ3v) is 4.44. The second kappa shape index (κ2) is 12.3. The fourth-order valence-corrected chi connectivity index (χ4v) is 1.26. The maximum atomic E-state index is 11.4. The van der Waals surface area contributed by atoms with Gasteiger partial charge in [0.05, 0.1) is 0 Å². The molecule has 0 unspecified atom stereocenters. The van der Waals surface area contributed by atoms with Gasteiger partial charge < -0.3 is 17.6 Å². The summed E-state index contributed by atoms with van der Waals surface area (Å²) in [5.74, 6) is 0. The number of nitrogens with zero attached hydrogens (tertiary/aromatic N) is 1. The Hall–Kier alpha value is -0.956. The van der Waals surface area contributed by atoms with Crippen molar-refractivity contribution in [2.24, 2.45) is 3.79 Å². The molecule has 0 rings (SSSR count). The van der Waals surface area contributed by atoms with Crippen LogP contribution in [0.5, 0.6) is 0 Å². The van der Waals surface area contributed by atoms with Crippen LogP contribution in [0, 0.1) is 7.43 Å². The topological polar surface area (TPSA) is 52.8 Å². The number of hydrogen-bond acceptors (Lipinski definition) is 3. The van der Waals surface area contributed by atoms with Gasteiger partial charge in [-0.15, -0.1) is 0 Å². The van der Waals surface area contributed by atoms with Crippen LogP contribution in [0.1, 0.15) is 27.2 Å². The number of aliphatic hydroxyl groups is 2. The molecule has 0 heterocycles. The van der Waals surface area contributed by atoms with Gasteiger partial charge in [-0.05, 0) is 0 Å². The SMILES string of the molecule is CCC(C)(C)[N]=[V].OC(C(F)(F)F)(C(F)(F)F)C(F)(F)F.OC(C(F)(F)F)(C(F)(F)F)C(F)(F)F.[CH3-]. The molecule has 36 heavy (non-hydrogen) atoms. The first-order chi connectivity index (χ1) is 14.6. The molecule has 0 aliphatic carbocycles. The van der Waals surface area contributed by atoms with Crippen molar-refractivity contribution in [2.45, 2.75) is 81.0 Å². The maximum absolute atomic E-state index is 11.4. The Morgan fingerprint density at radius 1 is 0.500 bits per heavy atom. The molecule has 0 aromatic heterocycles. The Morgan fingerprint density at radius 2 is 0.639 bits per heavy atom. The molecule has 0 amide bonds. The summed E-state index contributed by atoms with van der Waals surface area (Å²) in [5, 5.41) is 15.3. The summed E-state index contributed by atoms with van der Waals surface area (Å²) < 4.78 is 209. The fraction of sp³-hybridized carbons (Fsp3) is 0.929. The van der Waals surface area contributed by atoms with E-state index in [1.807, 2.05) is 0 Å². The van der Waals surface area contributed by atoms with Crippen LogP contribution >= 0.6 is 0 Å². The maximum Gasteiger partial charge on any atom is 0.435 e. The van der Waals surface area contributed by atoms with Crippen LogP contribution in [0.15, 0.2) is 3.79 Å². The van der Waals surface area contributed by atoms with Crippen molar-refractivity contribution in [2.75, 3.05) is 0 Å². The van der Waals surface area contributed by atoms with E-state index in [0.29, 0.717) is 0 Å². The molecular weight excluding hydrogens is 607 g/mol. The van der Waals surface area contributed by atoms with Gasteiger partial charge in [0.1, 0.15) is 0 Å². The van der Waals surface area contributed by atoms with Crippen LogP contribution in [0.25, 0.3) is 0 Å². The van der Waals surface area contributed by atoms with Gasteiger partial charge in [-0.1, -0.05) is 0 Å². The van der Waals surface area contributed by atoms with Gasteiger partial charge in [0.2, 0.25) is 0 Å². The molecular formula is C14H16F18NO2V-. The summed E-state index contributed by atoms with van der Waals surface area (Å²) in [7, 11) is 0. The number of halogens is 18. The van der Waals surface area contributed by atoms with Crippen molar-refractivity contribution in [1.82, 2.24) is 0 Å². The van der Waals surface area contributed by atoms with Crippen LogP contribution in [0.4, 0.5) is 79.0 Å². The van der Waals surface area contributed by atoms with E-state index in [1.54, 1.807) is 0 Å². The molecule has 0 spiro atoms. The summed E-state index contributed by atoms with van der Waals surface area (Å²) >= 11 is 2.26. The van der Waals surface area contributed by atoms with E-state index in [2.05, 4.69) is 41.8 Å². The minimum absolute atomic E-state index is 0. The molecule has 0 atom stereocenters. The standard InChI is InChI=1S/C5H11N.2C4HF9O.CH3.V/c1-4-5(2,3)6;2*5-2(6,7)1(14,3(8,9)10)4(11,12)13;;/h4H2,1-3H3;2*14H;1H3;/q;;;-1;. The third-order valence-electron chi connectivity index (χ3n) is 3.60. The quantitative estimate of drug-likeness (QED) is 0.254. The van der Waals surface area contributed by atoms with E-state index >= 15 is 0 Å². The Bertz CT molecular complexity index is 548. The van der Waals surface area contributed by atoms with Gasteiger partial charge in [0.25, 0.3) is 0 Å². The Morgan fingerprint density at radius 3 is 0.639 bits per heavy atom. The summed E-state index contributed by atoms with van der Waals surface area (Å²) in [6.45, 7) is 6.37. The van der Waals surface area contributed by atoms with E-state index in [4.69, 9.17) is 10.2 Å². The van der Waals surface area contributed by atoms with Crippen molar-refractivity contribution < 1.29 is 106 Å². The van der Waals surface area contributed by atoms with Crippen LogP contribution < -0.4 is 0 Å². The largest absolute Gasteiger partial charge is 0.435 e. The van der Waals surface area contributed by atoms with E-state index in [9.17, 15) is 79.0 Å². The van der Waals surface area contributed by atoms with Crippen molar-refractivity contribution in [3.8, 4) is 0 Å². The smallest absolute Gasteiger partial charge is 0.367 e. The molecule has 0 saturated carbocycles. The molecule has 0 aliphatic rings. The average Bonchev–Trinajstić information content (AvgIpc) is 2.55. The minimum Gasteiger partial charge on any atom is -0.367 e. The third kappa shape index (κ3) is 9.73. The first kappa shape index (κ1) is 42.1. The van der Waals surface area contributed by atoms with Crippen molar-refractivity contribution in [3.05, 3.63) is 7.43 Å². The zero-order valence-corrected chi connectivity index (χ0v) is 19.2. The second-order valence-electron chi connectivity index (χ2n) is 6.67. The van der Waals surface area contributed by atoms with Gasteiger partial charge in [-0.25, -0.2) is 0 Å². The van der Waals surface area contributed by atoms with Gasteiger partial charge in [0.15, 0.2) is 0 Å². The number of alkyl halides is 18. The first-order valence-corrected chi connectivity index (χ1v) is 8.46. The van der Waals surface area contributed by atoms with E-state index in [1.165, 1.54) is 0 Å². The minimum atomic E-state index is -6.87. The predicted molar refractivity (Wildman–Crippen MR) is 79.4 cm³/mol. The molecule has 0 aliphatic heterocycles. The molecule has 0 aromatic carbocycles. The first-order valence-electron chi connectivity index (χ1n) is 7.83. The molecule has 2 N–H and O–H groups in total. The van der Waals surface area contributed by atoms with Gasteiger partial charge in [-0.2, -0.15) is 79.0 Å². The monoisotopic (exact) mass is 623 g/mol. The van der Waals surface area contributed by atoms with Gasteiger partial charge in [0, 0.05) is 0 Å². The second-order valence-corrected chi connectivity index (χ2v) is 6.99. The van der Waals surface area contributed by atoms with E-state index in [0.717, 1.165) is 6.42 Å². The summed E-state index contributed by atoms with van der Waals surface area (Å²) in [6, 6.07) is 0. The number of hydrogen-bond donors (Lipinski definition) is 2. The fourth-order valence-electron chi connectivity index (χ4n) is 1.03. The Balaban J connectivity index is -0.000000222. The van der Waals surface area contributed by atoms with Crippen molar-refractivity contribution in [1.29, 1.82) is 0 Å². The summed E-state index contributed by atoms with van der Waals surface area (Å²) in [4.78, 5) is 0. The van der Waals surface area contributed by atoms with Crippen LogP contribution in [0.2, 0.25) is 0 Å². The van der Waals surface area contributed by atoms with E-state index in [-0.39, 0.29) is 13.0 Å². The van der Waals surface area contributed by atoms with Crippen LogP contribution in [-0.2, 0) is 17.2 Å². The average molecular weight is 623 g/mol.